The molecule has 0 aromatic carbocycles. The van der Waals surface area contributed by atoms with Crippen molar-refractivity contribution in [2.24, 2.45) is 11.1 Å². The van der Waals surface area contributed by atoms with E-state index >= 15 is 0 Å². The SMILES string of the molecule is CCC(C)(CCN(C)C(C)(C)C)CC(N)=O. The number of hydrogen-bond donors (Lipinski definition) is 1. The Hall–Kier alpha value is -0.570. The molecule has 0 aliphatic heterocycles. The molecule has 1 amide bonds. The van der Waals surface area contributed by atoms with Gasteiger partial charge in [-0.1, -0.05) is 20.3 Å². The smallest absolute Gasteiger partial charge is 0.217 e. The van der Waals surface area contributed by atoms with Crippen LogP contribution in [-0.2, 0) is 4.79 Å². The van der Waals surface area contributed by atoms with E-state index in [1.807, 2.05) is 0 Å². The molecule has 0 saturated carbocycles. The average molecular weight is 228 g/mol. The maximum absolute atomic E-state index is 11.0. The van der Waals surface area contributed by atoms with Crippen LogP contribution in [0, 0.1) is 5.41 Å². The number of primary amides is 1. The molecular weight excluding hydrogens is 200 g/mol. The Balaban J connectivity index is 4.29. The Bertz CT molecular complexity index is 233. The van der Waals surface area contributed by atoms with Crippen LogP contribution in [0.1, 0.15) is 53.9 Å². The van der Waals surface area contributed by atoms with Gasteiger partial charge in [0.25, 0.3) is 0 Å². The molecule has 0 rings (SSSR count). The molecule has 0 aliphatic carbocycles. The number of nitrogens with zero attached hydrogens (tertiary/aromatic N) is 1. The van der Waals surface area contributed by atoms with Crippen molar-refractivity contribution in [3.05, 3.63) is 0 Å². The normalized spacial score (nSPS) is 16.2. The van der Waals surface area contributed by atoms with E-state index in [1.165, 1.54) is 0 Å². The van der Waals surface area contributed by atoms with Crippen molar-refractivity contribution in [3.63, 3.8) is 0 Å². The topological polar surface area (TPSA) is 46.3 Å². The summed E-state index contributed by atoms with van der Waals surface area (Å²) in [7, 11) is 2.13. The lowest BCUT2D eigenvalue weighted by molar-refractivity contribution is -0.120. The van der Waals surface area contributed by atoms with Gasteiger partial charge in [-0.25, -0.2) is 0 Å². The molecule has 3 heteroatoms. The standard InChI is InChI=1S/C13H28N2O/c1-7-13(5,10-11(14)16)8-9-15(6)12(2,3)4/h7-10H2,1-6H3,(H2,14,16). The minimum absolute atomic E-state index is 0.0470. The van der Waals surface area contributed by atoms with Crippen molar-refractivity contribution in [3.8, 4) is 0 Å². The Morgan fingerprint density at radius 3 is 2.06 bits per heavy atom. The summed E-state index contributed by atoms with van der Waals surface area (Å²) in [5.41, 5.74) is 5.52. The van der Waals surface area contributed by atoms with Crippen LogP contribution < -0.4 is 5.73 Å². The second kappa shape index (κ2) is 5.67. The lowest BCUT2D eigenvalue weighted by atomic mass is 9.80. The highest BCUT2D eigenvalue weighted by Crippen LogP contribution is 2.30. The molecule has 0 heterocycles. The molecule has 1 atom stereocenters. The molecule has 3 nitrogen and oxygen atoms in total. The van der Waals surface area contributed by atoms with Crippen LogP contribution in [0.3, 0.4) is 0 Å². The molecule has 2 N–H and O–H groups in total. The van der Waals surface area contributed by atoms with E-state index in [9.17, 15) is 4.79 Å². The third kappa shape index (κ3) is 5.50. The van der Waals surface area contributed by atoms with Gasteiger partial charge in [-0.2, -0.15) is 0 Å². The van der Waals surface area contributed by atoms with E-state index in [0.29, 0.717) is 6.42 Å². The van der Waals surface area contributed by atoms with Gasteiger partial charge < -0.3 is 10.6 Å². The van der Waals surface area contributed by atoms with Crippen molar-refractivity contribution in [1.82, 2.24) is 4.90 Å². The van der Waals surface area contributed by atoms with E-state index < -0.39 is 0 Å². The molecule has 0 saturated heterocycles. The Morgan fingerprint density at radius 2 is 1.75 bits per heavy atom. The van der Waals surface area contributed by atoms with Crippen molar-refractivity contribution in [1.29, 1.82) is 0 Å². The monoisotopic (exact) mass is 228 g/mol. The van der Waals surface area contributed by atoms with Crippen molar-refractivity contribution < 1.29 is 4.79 Å². The maximum Gasteiger partial charge on any atom is 0.217 e. The van der Waals surface area contributed by atoms with Gasteiger partial charge in [0, 0.05) is 12.0 Å². The third-order valence-electron chi connectivity index (χ3n) is 3.65. The van der Waals surface area contributed by atoms with Crippen LogP contribution in [0.15, 0.2) is 0 Å². The molecule has 0 radical (unpaired) electrons. The predicted octanol–water partition coefficient (Wildman–Crippen LogP) is 2.40. The second-order valence-corrected chi connectivity index (χ2v) is 6.15. The molecule has 0 bridgehead atoms. The molecule has 0 aliphatic rings. The quantitative estimate of drug-likeness (QED) is 0.759. The van der Waals surface area contributed by atoms with Crippen LogP contribution in [0.25, 0.3) is 0 Å². The Morgan fingerprint density at radius 1 is 1.25 bits per heavy atom. The third-order valence-corrected chi connectivity index (χ3v) is 3.65. The second-order valence-electron chi connectivity index (χ2n) is 6.15. The van der Waals surface area contributed by atoms with Gasteiger partial charge in [-0.3, -0.25) is 4.79 Å². The first-order valence-electron chi connectivity index (χ1n) is 6.10. The molecule has 96 valence electrons. The van der Waals surface area contributed by atoms with Gasteiger partial charge in [0.05, 0.1) is 0 Å². The van der Waals surface area contributed by atoms with Gasteiger partial charge in [-0.15, -0.1) is 0 Å². The summed E-state index contributed by atoms with van der Waals surface area (Å²) in [6, 6.07) is 0. The number of hydrogen-bond acceptors (Lipinski definition) is 2. The fraction of sp³-hybridized carbons (Fsp3) is 0.923. The van der Waals surface area contributed by atoms with Crippen LogP contribution in [-0.4, -0.2) is 29.9 Å². The van der Waals surface area contributed by atoms with E-state index in [2.05, 4.69) is 46.6 Å². The van der Waals surface area contributed by atoms with Crippen molar-refractivity contribution in [2.75, 3.05) is 13.6 Å². The molecule has 0 fully saturated rings. The summed E-state index contributed by atoms with van der Waals surface area (Å²) in [6.45, 7) is 11.9. The summed E-state index contributed by atoms with van der Waals surface area (Å²) in [5.74, 6) is -0.192. The minimum Gasteiger partial charge on any atom is -0.370 e. The van der Waals surface area contributed by atoms with E-state index in [0.717, 1.165) is 19.4 Å². The van der Waals surface area contributed by atoms with Gasteiger partial charge in [-0.05, 0) is 46.2 Å². The molecule has 1 unspecified atom stereocenters. The van der Waals surface area contributed by atoms with E-state index in [1.54, 1.807) is 0 Å². The average Bonchev–Trinajstić information content (AvgIpc) is 2.11. The summed E-state index contributed by atoms with van der Waals surface area (Å²) in [5, 5.41) is 0. The zero-order chi connectivity index (χ0) is 13.0. The first kappa shape index (κ1) is 15.4. The number of nitrogens with two attached hydrogens (primary N) is 1. The number of carbonyl (C=O) groups is 1. The summed E-state index contributed by atoms with van der Waals surface area (Å²) in [6.07, 6.45) is 2.50. The lowest BCUT2D eigenvalue weighted by Gasteiger charge is -2.35. The van der Waals surface area contributed by atoms with Crippen LogP contribution in [0.5, 0.6) is 0 Å². The minimum atomic E-state index is -0.192. The van der Waals surface area contributed by atoms with Gasteiger partial charge in [0.15, 0.2) is 0 Å². The Labute approximate surface area is 100 Å². The van der Waals surface area contributed by atoms with E-state index in [-0.39, 0.29) is 16.9 Å². The summed E-state index contributed by atoms with van der Waals surface area (Å²) in [4.78, 5) is 13.3. The van der Waals surface area contributed by atoms with E-state index in [4.69, 9.17) is 5.73 Å². The highest BCUT2D eigenvalue weighted by molar-refractivity contribution is 5.74. The lowest BCUT2D eigenvalue weighted by Crippen LogP contribution is -2.40. The number of carbonyl (C=O) groups excluding carboxylic acids is 1. The fourth-order valence-electron chi connectivity index (χ4n) is 1.58. The predicted molar refractivity (Wildman–Crippen MR) is 69.2 cm³/mol. The van der Waals surface area contributed by atoms with Crippen molar-refractivity contribution >= 4 is 5.91 Å². The molecular formula is C13H28N2O. The Kier molecular flexibility index (Phi) is 5.47. The number of rotatable bonds is 6. The highest BCUT2D eigenvalue weighted by Gasteiger charge is 2.26. The van der Waals surface area contributed by atoms with Gasteiger partial charge in [0.1, 0.15) is 0 Å². The summed E-state index contributed by atoms with van der Waals surface area (Å²) >= 11 is 0. The zero-order valence-electron chi connectivity index (χ0n) is 11.8. The molecule has 0 aromatic rings. The van der Waals surface area contributed by atoms with Gasteiger partial charge in [0.2, 0.25) is 5.91 Å². The van der Waals surface area contributed by atoms with Crippen LogP contribution in [0.4, 0.5) is 0 Å². The van der Waals surface area contributed by atoms with Gasteiger partial charge >= 0.3 is 0 Å². The first-order chi connectivity index (χ1) is 7.10. The fourth-order valence-corrected chi connectivity index (χ4v) is 1.58. The zero-order valence-corrected chi connectivity index (χ0v) is 11.8. The molecule has 0 spiro atoms. The first-order valence-corrected chi connectivity index (χ1v) is 6.10. The van der Waals surface area contributed by atoms with Crippen LogP contribution in [0.2, 0.25) is 0 Å². The number of amides is 1. The largest absolute Gasteiger partial charge is 0.370 e. The van der Waals surface area contributed by atoms with Crippen molar-refractivity contribution in [2.45, 2.75) is 59.4 Å². The highest BCUT2D eigenvalue weighted by atomic mass is 16.1. The summed E-state index contributed by atoms with van der Waals surface area (Å²) < 4.78 is 0. The van der Waals surface area contributed by atoms with Crippen LogP contribution >= 0.6 is 0 Å². The molecule has 16 heavy (non-hydrogen) atoms. The molecule has 0 aromatic heterocycles. The maximum atomic E-state index is 11.0.